The van der Waals surface area contributed by atoms with Gasteiger partial charge in [-0.3, -0.25) is 4.79 Å². The summed E-state index contributed by atoms with van der Waals surface area (Å²) in [6.45, 7) is 3.41. The minimum absolute atomic E-state index is 0. The molecule has 0 atom stereocenters. The summed E-state index contributed by atoms with van der Waals surface area (Å²) in [5.41, 5.74) is 6.81. The molecular formula is C18H20ClF3N2O2. The standard InChI is InChI=1S/C18H19F3N2O2.ClH/c1-11-3-4-16(12(2)5-11)25-10-17(24)23-15-7-13(9-22)6-14(8-15)18(19,20)21;/h3-8H,9-10,22H2,1-2H3,(H,23,24);1H. The van der Waals surface area contributed by atoms with E-state index in [-0.39, 0.29) is 36.8 Å². The molecule has 0 fully saturated rings. The van der Waals surface area contributed by atoms with Crippen molar-refractivity contribution in [2.75, 3.05) is 11.9 Å². The van der Waals surface area contributed by atoms with Gasteiger partial charge in [-0.2, -0.15) is 13.2 Å². The molecule has 0 saturated carbocycles. The number of anilines is 1. The van der Waals surface area contributed by atoms with Crippen LogP contribution < -0.4 is 15.8 Å². The van der Waals surface area contributed by atoms with Crippen LogP contribution in [-0.4, -0.2) is 12.5 Å². The van der Waals surface area contributed by atoms with E-state index in [1.165, 1.54) is 6.07 Å². The molecule has 1 amide bonds. The highest BCUT2D eigenvalue weighted by Crippen LogP contribution is 2.32. The minimum Gasteiger partial charge on any atom is -0.483 e. The second-order valence-corrected chi connectivity index (χ2v) is 5.73. The second-order valence-electron chi connectivity index (χ2n) is 5.73. The van der Waals surface area contributed by atoms with Crippen LogP contribution in [0.3, 0.4) is 0 Å². The molecule has 2 aromatic rings. The number of alkyl halides is 3. The number of hydrogen-bond donors (Lipinski definition) is 2. The number of nitrogens with two attached hydrogens (primary N) is 1. The molecule has 0 spiro atoms. The fourth-order valence-electron chi connectivity index (χ4n) is 2.35. The van der Waals surface area contributed by atoms with Crippen molar-refractivity contribution in [2.24, 2.45) is 5.73 Å². The van der Waals surface area contributed by atoms with Crippen LogP contribution in [0.25, 0.3) is 0 Å². The van der Waals surface area contributed by atoms with Crippen LogP contribution in [0.4, 0.5) is 18.9 Å². The van der Waals surface area contributed by atoms with E-state index < -0.39 is 17.6 Å². The molecule has 0 aliphatic carbocycles. The van der Waals surface area contributed by atoms with Crippen LogP contribution in [0.2, 0.25) is 0 Å². The highest BCUT2D eigenvalue weighted by Gasteiger charge is 2.31. The van der Waals surface area contributed by atoms with E-state index in [1.807, 2.05) is 26.0 Å². The van der Waals surface area contributed by atoms with Gasteiger partial charge in [0.15, 0.2) is 6.61 Å². The summed E-state index contributed by atoms with van der Waals surface area (Å²) < 4.78 is 44.1. The average Bonchev–Trinajstić information content (AvgIpc) is 2.52. The Labute approximate surface area is 155 Å². The molecule has 0 aromatic heterocycles. The van der Waals surface area contributed by atoms with E-state index in [9.17, 15) is 18.0 Å². The van der Waals surface area contributed by atoms with Gasteiger partial charge in [0, 0.05) is 12.2 Å². The van der Waals surface area contributed by atoms with Crippen LogP contribution in [0.5, 0.6) is 5.75 Å². The van der Waals surface area contributed by atoms with Gasteiger partial charge in [0.2, 0.25) is 0 Å². The van der Waals surface area contributed by atoms with Crippen LogP contribution in [-0.2, 0) is 17.5 Å². The summed E-state index contributed by atoms with van der Waals surface area (Å²) >= 11 is 0. The Morgan fingerprint density at radius 2 is 1.85 bits per heavy atom. The number of hydrogen-bond acceptors (Lipinski definition) is 3. The maximum atomic E-state index is 12.9. The number of carbonyl (C=O) groups excluding carboxylic acids is 1. The predicted molar refractivity (Wildman–Crippen MR) is 96.6 cm³/mol. The van der Waals surface area contributed by atoms with E-state index in [2.05, 4.69) is 5.32 Å². The largest absolute Gasteiger partial charge is 0.483 e. The Hall–Kier alpha value is -2.25. The van der Waals surface area contributed by atoms with Crippen LogP contribution in [0.15, 0.2) is 36.4 Å². The van der Waals surface area contributed by atoms with Crippen molar-refractivity contribution in [3.8, 4) is 5.75 Å². The lowest BCUT2D eigenvalue weighted by Gasteiger charge is -2.13. The Balaban J connectivity index is 0.00000338. The number of aryl methyl sites for hydroxylation is 2. The van der Waals surface area contributed by atoms with Crippen molar-refractivity contribution in [3.05, 3.63) is 58.7 Å². The molecule has 0 saturated heterocycles. The first-order chi connectivity index (χ1) is 11.7. The molecule has 0 bridgehead atoms. The Bertz CT molecular complexity index is 780. The van der Waals surface area contributed by atoms with Crippen molar-refractivity contribution in [2.45, 2.75) is 26.6 Å². The fourth-order valence-corrected chi connectivity index (χ4v) is 2.35. The van der Waals surface area contributed by atoms with E-state index >= 15 is 0 Å². The molecule has 0 aliphatic heterocycles. The van der Waals surface area contributed by atoms with Crippen molar-refractivity contribution >= 4 is 24.0 Å². The molecule has 0 heterocycles. The van der Waals surface area contributed by atoms with Crippen LogP contribution in [0, 0.1) is 13.8 Å². The lowest BCUT2D eigenvalue weighted by molar-refractivity contribution is -0.137. The van der Waals surface area contributed by atoms with Gasteiger partial charge in [-0.05, 0) is 49.2 Å². The topological polar surface area (TPSA) is 64.3 Å². The lowest BCUT2D eigenvalue weighted by Crippen LogP contribution is -2.21. The highest BCUT2D eigenvalue weighted by atomic mass is 35.5. The summed E-state index contributed by atoms with van der Waals surface area (Å²) in [5.74, 6) is -0.00490. The van der Waals surface area contributed by atoms with E-state index in [0.717, 1.165) is 23.3 Å². The van der Waals surface area contributed by atoms with E-state index in [1.54, 1.807) is 6.07 Å². The maximum Gasteiger partial charge on any atom is 0.416 e. The zero-order chi connectivity index (χ0) is 18.6. The van der Waals surface area contributed by atoms with Crippen molar-refractivity contribution in [3.63, 3.8) is 0 Å². The third-order valence-corrected chi connectivity index (χ3v) is 3.53. The average molecular weight is 389 g/mol. The number of nitrogens with one attached hydrogen (secondary N) is 1. The van der Waals surface area contributed by atoms with Gasteiger partial charge < -0.3 is 15.8 Å². The van der Waals surface area contributed by atoms with Crippen LogP contribution >= 0.6 is 12.4 Å². The third-order valence-electron chi connectivity index (χ3n) is 3.53. The van der Waals surface area contributed by atoms with Gasteiger partial charge >= 0.3 is 6.18 Å². The van der Waals surface area contributed by atoms with E-state index in [0.29, 0.717) is 5.75 Å². The maximum absolute atomic E-state index is 12.9. The number of halogens is 4. The number of benzene rings is 2. The van der Waals surface area contributed by atoms with Gasteiger partial charge in [0.25, 0.3) is 5.91 Å². The first-order valence-corrected chi connectivity index (χ1v) is 7.60. The van der Waals surface area contributed by atoms with E-state index in [4.69, 9.17) is 10.5 Å². The monoisotopic (exact) mass is 388 g/mol. The Morgan fingerprint density at radius 1 is 1.15 bits per heavy atom. The molecule has 2 aromatic carbocycles. The molecule has 3 N–H and O–H groups in total. The molecule has 4 nitrogen and oxygen atoms in total. The molecule has 0 aliphatic rings. The SMILES string of the molecule is Cc1ccc(OCC(=O)Nc2cc(CN)cc(C(F)(F)F)c2)c(C)c1.Cl. The summed E-state index contributed by atoms with van der Waals surface area (Å²) in [5, 5.41) is 2.41. The van der Waals surface area contributed by atoms with Crippen molar-refractivity contribution in [1.29, 1.82) is 0 Å². The minimum atomic E-state index is -4.51. The number of rotatable bonds is 5. The zero-order valence-corrected chi connectivity index (χ0v) is 15.1. The lowest BCUT2D eigenvalue weighted by atomic mass is 10.1. The Kier molecular flexibility index (Phi) is 7.47. The van der Waals surface area contributed by atoms with Crippen LogP contribution in [0.1, 0.15) is 22.3 Å². The quantitative estimate of drug-likeness (QED) is 0.806. The fraction of sp³-hybridized carbons (Fsp3) is 0.278. The number of amides is 1. The summed E-state index contributed by atoms with van der Waals surface area (Å²) in [7, 11) is 0. The smallest absolute Gasteiger partial charge is 0.416 e. The van der Waals surface area contributed by atoms with Gasteiger partial charge in [-0.1, -0.05) is 17.7 Å². The number of ether oxygens (including phenoxy) is 1. The summed E-state index contributed by atoms with van der Waals surface area (Å²) in [4.78, 5) is 12.0. The summed E-state index contributed by atoms with van der Waals surface area (Å²) in [6.07, 6.45) is -4.51. The summed E-state index contributed by atoms with van der Waals surface area (Å²) in [6, 6.07) is 8.74. The normalized spacial score (nSPS) is 10.8. The molecule has 2 rings (SSSR count). The van der Waals surface area contributed by atoms with Gasteiger partial charge in [0.05, 0.1) is 5.56 Å². The molecule has 0 unspecified atom stereocenters. The molecule has 0 radical (unpaired) electrons. The molecule has 8 heteroatoms. The second kappa shape index (κ2) is 8.91. The zero-order valence-electron chi connectivity index (χ0n) is 14.3. The molecular weight excluding hydrogens is 369 g/mol. The first-order valence-electron chi connectivity index (χ1n) is 7.60. The van der Waals surface area contributed by atoms with Gasteiger partial charge in [-0.25, -0.2) is 0 Å². The third kappa shape index (κ3) is 5.93. The predicted octanol–water partition coefficient (Wildman–Crippen LogP) is 4.22. The van der Waals surface area contributed by atoms with Gasteiger partial charge in [0.1, 0.15) is 5.75 Å². The highest BCUT2D eigenvalue weighted by molar-refractivity contribution is 5.92. The molecule has 142 valence electrons. The number of carbonyl (C=O) groups is 1. The van der Waals surface area contributed by atoms with Gasteiger partial charge in [-0.15, -0.1) is 12.4 Å². The Morgan fingerprint density at radius 3 is 2.42 bits per heavy atom. The van der Waals surface area contributed by atoms with Crippen molar-refractivity contribution < 1.29 is 22.7 Å². The molecule has 26 heavy (non-hydrogen) atoms. The first kappa shape index (κ1) is 21.8. The van der Waals surface area contributed by atoms with Crippen molar-refractivity contribution in [1.82, 2.24) is 0 Å².